The van der Waals surface area contributed by atoms with Crippen molar-refractivity contribution in [3.05, 3.63) is 77.5 Å². The van der Waals surface area contributed by atoms with E-state index in [-0.39, 0.29) is 11.6 Å². The number of benzene rings is 2. The van der Waals surface area contributed by atoms with E-state index in [0.717, 1.165) is 48.1 Å². The maximum absolute atomic E-state index is 14.6. The van der Waals surface area contributed by atoms with Crippen molar-refractivity contribution in [2.24, 2.45) is 0 Å². The summed E-state index contributed by atoms with van der Waals surface area (Å²) in [7, 11) is 0. The van der Waals surface area contributed by atoms with Crippen LogP contribution in [0.15, 0.2) is 54.6 Å². The van der Waals surface area contributed by atoms with Gasteiger partial charge < -0.3 is 4.57 Å². The van der Waals surface area contributed by atoms with Crippen LogP contribution in [-0.4, -0.2) is 34.1 Å². The minimum absolute atomic E-state index is 0.263. The van der Waals surface area contributed by atoms with Crippen LogP contribution in [0.4, 0.5) is 8.78 Å². The molecule has 1 aliphatic heterocycles. The maximum atomic E-state index is 14.6. The van der Waals surface area contributed by atoms with Crippen molar-refractivity contribution in [1.29, 1.82) is 0 Å². The first kappa shape index (κ1) is 18.3. The lowest BCUT2D eigenvalue weighted by atomic mass is 10.1. The monoisotopic (exact) mass is 384 g/mol. The molecule has 0 amide bonds. The molecular formula is C22H22F2N2S. The molecule has 0 unspecified atom stereocenters. The van der Waals surface area contributed by atoms with Gasteiger partial charge in [0.25, 0.3) is 0 Å². The van der Waals surface area contributed by atoms with Crippen molar-refractivity contribution < 1.29 is 8.78 Å². The molecule has 27 heavy (non-hydrogen) atoms. The molecule has 0 spiro atoms. The van der Waals surface area contributed by atoms with Crippen LogP contribution in [0.2, 0.25) is 0 Å². The SMILES string of the molecule is Cc1c(CN2CCSCC2)cc(-c2ccc(F)cc2)n1-c1ccccc1F. The van der Waals surface area contributed by atoms with Gasteiger partial charge >= 0.3 is 0 Å². The fraction of sp³-hybridized carbons (Fsp3) is 0.273. The molecule has 1 saturated heterocycles. The van der Waals surface area contributed by atoms with E-state index < -0.39 is 0 Å². The Balaban J connectivity index is 1.81. The third-order valence-corrected chi connectivity index (χ3v) is 6.03. The molecule has 0 radical (unpaired) electrons. The second-order valence-corrected chi connectivity index (χ2v) is 8.05. The molecule has 4 rings (SSSR count). The fourth-order valence-electron chi connectivity index (χ4n) is 3.60. The molecule has 1 aromatic heterocycles. The van der Waals surface area contributed by atoms with E-state index in [2.05, 4.69) is 11.0 Å². The van der Waals surface area contributed by atoms with Gasteiger partial charge in [-0.1, -0.05) is 12.1 Å². The maximum Gasteiger partial charge on any atom is 0.147 e. The summed E-state index contributed by atoms with van der Waals surface area (Å²) in [6.07, 6.45) is 0. The van der Waals surface area contributed by atoms with Crippen molar-refractivity contribution in [2.75, 3.05) is 24.6 Å². The van der Waals surface area contributed by atoms with Crippen LogP contribution in [-0.2, 0) is 6.54 Å². The Labute approximate surface area is 162 Å². The van der Waals surface area contributed by atoms with E-state index in [1.165, 1.54) is 23.8 Å². The van der Waals surface area contributed by atoms with Crippen molar-refractivity contribution in [1.82, 2.24) is 9.47 Å². The number of nitrogens with zero attached hydrogens (tertiary/aromatic N) is 2. The van der Waals surface area contributed by atoms with Crippen molar-refractivity contribution in [2.45, 2.75) is 13.5 Å². The quantitative estimate of drug-likeness (QED) is 0.605. The van der Waals surface area contributed by atoms with Gasteiger partial charge in [-0.05, 0) is 60.5 Å². The molecule has 0 saturated carbocycles. The molecule has 2 aromatic carbocycles. The van der Waals surface area contributed by atoms with E-state index >= 15 is 0 Å². The summed E-state index contributed by atoms with van der Waals surface area (Å²) >= 11 is 1.99. The Morgan fingerprint density at radius 2 is 1.67 bits per heavy atom. The molecule has 0 atom stereocenters. The molecular weight excluding hydrogens is 362 g/mol. The van der Waals surface area contributed by atoms with E-state index in [4.69, 9.17) is 0 Å². The second-order valence-electron chi connectivity index (χ2n) is 6.82. The minimum Gasteiger partial charge on any atom is -0.311 e. The van der Waals surface area contributed by atoms with Crippen LogP contribution in [0, 0.1) is 18.6 Å². The Morgan fingerprint density at radius 1 is 0.963 bits per heavy atom. The molecule has 5 heteroatoms. The number of rotatable bonds is 4. The summed E-state index contributed by atoms with van der Waals surface area (Å²) in [5.74, 6) is 1.77. The highest BCUT2D eigenvalue weighted by atomic mass is 32.2. The van der Waals surface area contributed by atoms with Gasteiger partial charge in [0.05, 0.1) is 11.4 Å². The number of aromatic nitrogens is 1. The third-order valence-electron chi connectivity index (χ3n) is 5.08. The molecule has 3 aromatic rings. The van der Waals surface area contributed by atoms with E-state index in [1.54, 1.807) is 24.3 Å². The van der Waals surface area contributed by atoms with E-state index in [0.29, 0.717) is 5.69 Å². The van der Waals surface area contributed by atoms with Gasteiger partial charge in [0.2, 0.25) is 0 Å². The van der Waals surface area contributed by atoms with Gasteiger partial charge in [0.15, 0.2) is 0 Å². The molecule has 140 valence electrons. The molecule has 0 N–H and O–H groups in total. The summed E-state index contributed by atoms with van der Waals surface area (Å²) in [4.78, 5) is 2.44. The molecule has 2 nitrogen and oxygen atoms in total. The van der Waals surface area contributed by atoms with Crippen LogP contribution in [0.5, 0.6) is 0 Å². The first-order valence-corrected chi connectivity index (χ1v) is 10.3. The summed E-state index contributed by atoms with van der Waals surface area (Å²) < 4.78 is 30.0. The Bertz CT molecular complexity index is 928. The van der Waals surface area contributed by atoms with Gasteiger partial charge in [0, 0.05) is 36.8 Å². The fourth-order valence-corrected chi connectivity index (χ4v) is 4.57. The lowest BCUT2D eigenvalue weighted by Gasteiger charge is -2.26. The van der Waals surface area contributed by atoms with Gasteiger partial charge in [-0.3, -0.25) is 4.90 Å². The standard InChI is InChI=1S/C22H22F2N2S/c1-16-18(15-25-10-12-27-13-11-25)14-22(17-6-8-19(23)9-7-17)26(16)21-5-3-2-4-20(21)24/h2-9,14H,10-13,15H2,1H3. The predicted octanol–water partition coefficient (Wildman–Crippen LogP) is 5.28. The predicted molar refractivity (Wildman–Crippen MR) is 108 cm³/mol. The van der Waals surface area contributed by atoms with Crippen LogP contribution in [0.1, 0.15) is 11.3 Å². The average molecular weight is 384 g/mol. The largest absolute Gasteiger partial charge is 0.311 e. The second kappa shape index (κ2) is 7.87. The average Bonchev–Trinajstić information content (AvgIpc) is 3.00. The summed E-state index contributed by atoms with van der Waals surface area (Å²) in [6.45, 7) is 5.03. The Hall–Kier alpha value is -2.11. The van der Waals surface area contributed by atoms with Gasteiger partial charge in [-0.2, -0.15) is 11.8 Å². The number of para-hydroxylation sites is 1. The van der Waals surface area contributed by atoms with E-state index in [1.807, 2.05) is 29.3 Å². The molecule has 2 heterocycles. The van der Waals surface area contributed by atoms with Crippen LogP contribution >= 0.6 is 11.8 Å². The molecule has 0 bridgehead atoms. The van der Waals surface area contributed by atoms with E-state index in [9.17, 15) is 8.78 Å². The topological polar surface area (TPSA) is 8.17 Å². The zero-order chi connectivity index (χ0) is 18.8. The smallest absolute Gasteiger partial charge is 0.147 e. The summed E-state index contributed by atoms with van der Waals surface area (Å²) in [5, 5.41) is 0. The Kier molecular flexibility index (Phi) is 5.32. The highest BCUT2D eigenvalue weighted by Crippen LogP contribution is 2.31. The lowest BCUT2D eigenvalue weighted by Crippen LogP contribution is -2.32. The zero-order valence-corrected chi connectivity index (χ0v) is 16.1. The van der Waals surface area contributed by atoms with Gasteiger partial charge in [-0.25, -0.2) is 8.78 Å². The van der Waals surface area contributed by atoms with Crippen molar-refractivity contribution in [3.8, 4) is 16.9 Å². The van der Waals surface area contributed by atoms with Crippen LogP contribution in [0.3, 0.4) is 0 Å². The first-order chi connectivity index (χ1) is 13.1. The Morgan fingerprint density at radius 3 is 2.37 bits per heavy atom. The highest BCUT2D eigenvalue weighted by Gasteiger charge is 2.19. The summed E-state index contributed by atoms with van der Waals surface area (Å²) in [6, 6.07) is 15.3. The summed E-state index contributed by atoms with van der Waals surface area (Å²) in [5.41, 5.74) is 4.50. The number of halogens is 2. The van der Waals surface area contributed by atoms with Crippen molar-refractivity contribution >= 4 is 11.8 Å². The van der Waals surface area contributed by atoms with Crippen LogP contribution in [0.25, 0.3) is 16.9 Å². The number of hydrogen-bond donors (Lipinski definition) is 0. The highest BCUT2D eigenvalue weighted by molar-refractivity contribution is 7.99. The first-order valence-electron chi connectivity index (χ1n) is 9.15. The number of hydrogen-bond acceptors (Lipinski definition) is 2. The van der Waals surface area contributed by atoms with Crippen molar-refractivity contribution in [3.63, 3.8) is 0 Å². The normalized spacial score (nSPS) is 15.2. The van der Waals surface area contributed by atoms with Crippen LogP contribution < -0.4 is 0 Å². The minimum atomic E-state index is -0.273. The molecule has 1 aliphatic rings. The lowest BCUT2D eigenvalue weighted by molar-refractivity contribution is 0.294. The van der Waals surface area contributed by atoms with Gasteiger partial charge in [0.1, 0.15) is 11.6 Å². The molecule has 1 fully saturated rings. The van der Waals surface area contributed by atoms with Gasteiger partial charge in [-0.15, -0.1) is 0 Å². The zero-order valence-electron chi connectivity index (χ0n) is 15.3. The number of thioether (sulfide) groups is 1. The molecule has 0 aliphatic carbocycles. The third kappa shape index (κ3) is 3.80.